The highest BCUT2D eigenvalue weighted by Gasteiger charge is 2.35. The van der Waals surface area contributed by atoms with Crippen molar-refractivity contribution in [2.45, 2.75) is 70.5 Å². The van der Waals surface area contributed by atoms with Crippen LogP contribution in [-0.2, 0) is 26.2 Å². The first kappa shape index (κ1) is 22.4. The van der Waals surface area contributed by atoms with Crippen molar-refractivity contribution in [1.82, 2.24) is 14.9 Å². The predicted molar refractivity (Wildman–Crippen MR) is 108 cm³/mol. The van der Waals surface area contributed by atoms with Crippen LogP contribution in [0.5, 0.6) is 0 Å². The number of rotatable bonds is 7. The van der Waals surface area contributed by atoms with E-state index in [2.05, 4.69) is 10.0 Å². The van der Waals surface area contributed by atoms with Crippen LogP contribution in [0.15, 0.2) is 29.2 Å². The molecular weight excluding hydrogens is 378 g/mol. The van der Waals surface area contributed by atoms with Gasteiger partial charge in [-0.15, -0.1) is 0 Å². The van der Waals surface area contributed by atoms with E-state index in [1.807, 2.05) is 13.8 Å². The zero-order chi connectivity index (χ0) is 21.1. The molecule has 28 heavy (non-hydrogen) atoms. The lowest BCUT2D eigenvalue weighted by molar-refractivity contribution is -0.139. The first-order valence-electron chi connectivity index (χ1n) is 9.61. The van der Waals surface area contributed by atoms with Crippen LogP contribution in [0.3, 0.4) is 0 Å². The van der Waals surface area contributed by atoms with Crippen molar-refractivity contribution in [3.8, 4) is 0 Å². The Hall–Kier alpha value is -1.93. The monoisotopic (exact) mass is 409 g/mol. The van der Waals surface area contributed by atoms with Gasteiger partial charge >= 0.3 is 0 Å². The van der Waals surface area contributed by atoms with Crippen LogP contribution in [-0.4, -0.2) is 43.3 Å². The molecule has 1 unspecified atom stereocenters. The normalized spacial score (nSPS) is 16.5. The third-order valence-electron chi connectivity index (χ3n) is 4.50. The molecule has 8 heteroatoms. The van der Waals surface area contributed by atoms with Gasteiger partial charge in [0.1, 0.15) is 6.04 Å². The SMILES string of the molecule is CC(C)C(C(=O)NCc1ccccc1S(=O)(=O)NC(C)(C)C)N1CCCC1=O. The predicted octanol–water partition coefficient (Wildman–Crippen LogP) is 2.03. The van der Waals surface area contributed by atoms with Crippen LogP contribution in [0.1, 0.15) is 53.0 Å². The topological polar surface area (TPSA) is 95.6 Å². The average Bonchev–Trinajstić information content (AvgIpc) is 2.96. The van der Waals surface area contributed by atoms with E-state index in [1.165, 1.54) is 6.07 Å². The van der Waals surface area contributed by atoms with E-state index in [4.69, 9.17) is 0 Å². The Morgan fingerprint density at radius 3 is 2.39 bits per heavy atom. The summed E-state index contributed by atoms with van der Waals surface area (Å²) in [6.45, 7) is 9.78. The molecule has 7 nitrogen and oxygen atoms in total. The van der Waals surface area contributed by atoms with Gasteiger partial charge in [0.15, 0.2) is 0 Å². The number of carbonyl (C=O) groups is 2. The molecule has 2 amide bonds. The number of sulfonamides is 1. The molecule has 1 aliphatic heterocycles. The second kappa shape index (κ2) is 8.61. The standard InChI is InChI=1S/C20H31N3O4S/c1-14(2)18(23-12-8-11-17(23)24)19(25)21-13-15-9-6-7-10-16(15)28(26,27)22-20(3,4)5/h6-7,9-10,14,18,22H,8,11-13H2,1-5H3,(H,21,25). The fourth-order valence-corrected chi connectivity index (χ4v) is 5.08. The largest absolute Gasteiger partial charge is 0.350 e. The van der Waals surface area contributed by atoms with E-state index >= 15 is 0 Å². The zero-order valence-electron chi connectivity index (χ0n) is 17.3. The summed E-state index contributed by atoms with van der Waals surface area (Å²) in [5, 5.41) is 2.83. The van der Waals surface area contributed by atoms with Gasteiger partial charge in [-0.05, 0) is 44.7 Å². The van der Waals surface area contributed by atoms with Crippen LogP contribution in [0.2, 0.25) is 0 Å². The molecule has 2 rings (SSSR count). The molecule has 1 fully saturated rings. The Labute approximate surface area is 167 Å². The summed E-state index contributed by atoms with van der Waals surface area (Å²) in [6, 6.07) is 6.05. The molecule has 0 aromatic heterocycles. The number of amides is 2. The third kappa shape index (κ3) is 5.54. The van der Waals surface area contributed by atoms with Crippen LogP contribution in [0.25, 0.3) is 0 Å². The summed E-state index contributed by atoms with van der Waals surface area (Å²) in [5.74, 6) is -0.309. The van der Waals surface area contributed by atoms with Crippen molar-refractivity contribution in [3.05, 3.63) is 29.8 Å². The Kier molecular flexibility index (Phi) is 6.88. The lowest BCUT2D eigenvalue weighted by Gasteiger charge is -2.30. The molecule has 0 radical (unpaired) electrons. The van der Waals surface area contributed by atoms with Crippen LogP contribution >= 0.6 is 0 Å². The number of nitrogens with zero attached hydrogens (tertiary/aromatic N) is 1. The van der Waals surface area contributed by atoms with E-state index < -0.39 is 21.6 Å². The summed E-state index contributed by atoms with van der Waals surface area (Å²) >= 11 is 0. The Morgan fingerprint density at radius 1 is 1.21 bits per heavy atom. The van der Waals surface area contributed by atoms with Crippen LogP contribution < -0.4 is 10.0 Å². The highest BCUT2D eigenvalue weighted by Crippen LogP contribution is 2.21. The van der Waals surface area contributed by atoms with Crippen LogP contribution in [0, 0.1) is 5.92 Å². The van der Waals surface area contributed by atoms with Gasteiger partial charge < -0.3 is 10.2 Å². The lowest BCUT2D eigenvalue weighted by Crippen LogP contribution is -2.50. The minimum atomic E-state index is -3.72. The van der Waals surface area contributed by atoms with Gasteiger partial charge in [-0.25, -0.2) is 13.1 Å². The number of nitrogens with one attached hydrogen (secondary N) is 2. The Morgan fingerprint density at radius 2 is 1.86 bits per heavy atom. The van der Waals surface area contributed by atoms with Gasteiger partial charge in [-0.3, -0.25) is 9.59 Å². The fraction of sp³-hybridized carbons (Fsp3) is 0.600. The molecule has 0 aliphatic carbocycles. The van der Waals surface area contributed by atoms with Gasteiger partial charge in [0.05, 0.1) is 4.90 Å². The average molecular weight is 410 g/mol. The molecule has 1 aromatic carbocycles. The van der Waals surface area contributed by atoms with Crippen molar-refractivity contribution in [2.75, 3.05) is 6.54 Å². The maximum Gasteiger partial charge on any atom is 0.243 e. The second-order valence-electron chi connectivity index (χ2n) is 8.56. The summed E-state index contributed by atoms with van der Waals surface area (Å²) in [5.41, 5.74) is -0.114. The fourth-order valence-electron chi connectivity index (χ4n) is 3.42. The van der Waals surface area contributed by atoms with Gasteiger partial charge in [0, 0.05) is 25.0 Å². The molecule has 1 aromatic rings. The van der Waals surface area contributed by atoms with E-state index in [0.29, 0.717) is 18.5 Å². The molecule has 1 saturated heterocycles. The molecule has 156 valence electrons. The zero-order valence-corrected chi connectivity index (χ0v) is 18.1. The molecule has 0 saturated carbocycles. The maximum absolute atomic E-state index is 12.8. The van der Waals surface area contributed by atoms with Gasteiger partial charge in [0.2, 0.25) is 21.8 Å². The molecule has 1 aliphatic rings. The van der Waals surface area contributed by atoms with Crippen LogP contribution in [0.4, 0.5) is 0 Å². The third-order valence-corrected chi connectivity index (χ3v) is 6.36. The minimum absolute atomic E-state index is 0.00814. The maximum atomic E-state index is 12.8. The summed E-state index contributed by atoms with van der Waals surface area (Å²) in [7, 11) is -3.72. The summed E-state index contributed by atoms with van der Waals surface area (Å²) < 4.78 is 28.1. The first-order chi connectivity index (χ1) is 12.9. The highest BCUT2D eigenvalue weighted by molar-refractivity contribution is 7.89. The quantitative estimate of drug-likeness (QED) is 0.720. The number of hydrogen-bond acceptors (Lipinski definition) is 4. The summed E-state index contributed by atoms with van der Waals surface area (Å²) in [4.78, 5) is 26.7. The molecule has 1 atom stereocenters. The minimum Gasteiger partial charge on any atom is -0.350 e. The number of carbonyl (C=O) groups excluding carboxylic acids is 2. The van der Waals surface area contributed by atoms with Crippen molar-refractivity contribution in [2.24, 2.45) is 5.92 Å². The van der Waals surface area contributed by atoms with Crippen molar-refractivity contribution in [1.29, 1.82) is 0 Å². The Balaban J connectivity index is 2.18. The molecule has 1 heterocycles. The van der Waals surface area contributed by atoms with Crippen molar-refractivity contribution in [3.63, 3.8) is 0 Å². The van der Waals surface area contributed by atoms with Crippen molar-refractivity contribution < 1.29 is 18.0 Å². The summed E-state index contributed by atoms with van der Waals surface area (Å²) in [6.07, 6.45) is 1.23. The van der Waals surface area contributed by atoms with Gasteiger partial charge in [-0.1, -0.05) is 32.0 Å². The smallest absolute Gasteiger partial charge is 0.243 e. The van der Waals surface area contributed by atoms with Crippen molar-refractivity contribution >= 4 is 21.8 Å². The molecule has 0 bridgehead atoms. The molecule has 0 spiro atoms. The van der Waals surface area contributed by atoms with E-state index in [1.54, 1.807) is 43.9 Å². The van der Waals surface area contributed by atoms with E-state index in [0.717, 1.165) is 6.42 Å². The first-order valence-corrected chi connectivity index (χ1v) is 11.1. The lowest BCUT2D eigenvalue weighted by atomic mass is 10.0. The number of likely N-dealkylation sites (tertiary alicyclic amines) is 1. The van der Waals surface area contributed by atoms with Gasteiger partial charge in [-0.2, -0.15) is 0 Å². The molecule has 2 N–H and O–H groups in total. The second-order valence-corrected chi connectivity index (χ2v) is 10.2. The van der Waals surface area contributed by atoms with Gasteiger partial charge in [0.25, 0.3) is 0 Å². The Bertz CT molecular complexity index is 828. The molecular formula is C20H31N3O4S. The highest BCUT2D eigenvalue weighted by atomic mass is 32.2. The number of benzene rings is 1. The van der Waals surface area contributed by atoms with E-state index in [-0.39, 0.29) is 29.2 Å². The number of hydrogen-bond donors (Lipinski definition) is 2. The van der Waals surface area contributed by atoms with E-state index in [9.17, 15) is 18.0 Å².